The Labute approximate surface area is 202 Å². The number of ether oxygens (including phenoxy) is 1. The predicted molar refractivity (Wildman–Crippen MR) is 128 cm³/mol. The van der Waals surface area contributed by atoms with Crippen molar-refractivity contribution in [1.29, 1.82) is 0 Å². The highest BCUT2D eigenvalue weighted by Crippen LogP contribution is 2.38. The summed E-state index contributed by atoms with van der Waals surface area (Å²) in [6.45, 7) is 2.17. The molecule has 1 aliphatic rings. The second kappa shape index (κ2) is 9.85. The minimum Gasteiger partial charge on any atom is -0.487 e. The minimum atomic E-state index is -1.00. The fourth-order valence-electron chi connectivity index (χ4n) is 4.31. The van der Waals surface area contributed by atoms with E-state index in [0.29, 0.717) is 29.0 Å². The molecule has 34 heavy (non-hydrogen) atoms. The van der Waals surface area contributed by atoms with Gasteiger partial charge >= 0.3 is 5.97 Å². The maximum atomic E-state index is 13.6. The Morgan fingerprint density at radius 3 is 2.56 bits per heavy atom. The summed E-state index contributed by atoms with van der Waals surface area (Å²) in [6.07, 6.45) is 1.12. The first kappa shape index (κ1) is 23.8. The van der Waals surface area contributed by atoms with E-state index in [1.165, 1.54) is 17.0 Å². The lowest BCUT2D eigenvalue weighted by molar-refractivity contribution is -0.137. The molecule has 1 heterocycles. The largest absolute Gasteiger partial charge is 0.487 e. The number of carbonyl (C=O) groups is 2. The van der Waals surface area contributed by atoms with E-state index in [1.54, 1.807) is 24.3 Å². The van der Waals surface area contributed by atoms with E-state index < -0.39 is 17.4 Å². The van der Waals surface area contributed by atoms with Gasteiger partial charge in [0.25, 0.3) is 5.91 Å². The molecule has 0 saturated heterocycles. The zero-order chi connectivity index (χ0) is 24.3. The Balaban J connectivity index is 1.52. The van der Waals surface area contributed by atoms with Gasteiger partial charge in [0.1, 0.15) is 17.2 Å². The number of carboxylic acid groups (broad SMARTS) is 1. The number of carboxylic acids is 1. The van der Waals surface area contributed by atoms with Gasteiger partial charge in [0.2, 0.25) is 0 Å². The van der Waals surface area contributed by atoms with Gasteiger partial charge < -0.3 is 14.7 Å². The van der Waals surface area contributed by atoms with Crippen molar-refractivity contribution in [3.8, 4) is 5.75 Å². The molecule has 7 heteroatoms. The van der Waals surface area contributed by atoms with Crippen LogP contribution in [-0.2, 0) is 24.2 Å². The van der Waals surface area contributed by atoms with E-state index in [1.807, 2.05) is 37.3 Å². The van der Waals surface area contributed by atoms with Crippen LogP contribution in [0.3, 0.4) is 0 Å². The fourth-order valence-corrected chi connectivity index (χ4v) is 4.43. The van der Waals surface area contributed by atoms with Gasteiger partial charge in [0, 0.05) is 36.5 Å². The summed E-state index contributed by atoms with van der Waals surface area (Å²) in [4.78, 5) is 25.9. The van der Waals surface area contributed by atoms with Crippen molar-refractivity contribution in [1.82, 2.24) is 4.90 Å². The van der Waals surface area contributed by atoms with Crippen molar-refractivity contribution >= 4 is 23.5 Å². The predicted octanol–water partition coefficient (Wildman–Crippen LogP) is 5.53. The highest BCUT2D eigenvalue weighted by molar-refractivity contribution is 6.30. The van der Waals surface area contributed by atoms with Crippen LogP contribution in [-0.4, -0.2) is 34.0 Å². The molecule has 0 radical (unpaired) electrons. The zero-order valence-electron chi connectivity index (χ0n) is 18.8. The van der Waals surface area contributed by atoms with E-state index in [0.717, 1.165) is 16.9 Å². The molecule has 0 aliphatic carbocycles. The number of hydrogen-bond acceptors (Lipinski definition) is 3. The molecule has 5 nitrogen and oxygen atoms in total. The number of amides is 1. The Kier molecular flexibility index (Phi) is 6.89. The lowest BCUT2D eigenvalue weighted by atomic mass is 9.91. The second-order valence-corrected chi connectivity index (χ2v) is 9.29. The quantitative estimate of drug-likeness (QED) is 0.459. The number of aliphatic carboxylic acids is 1. The average Bonchev–Trinajstić information content (AvgIpc) is 3.12. The summed E-state index contributed by atoms with van der Waals surface area (Å²) in [7, 11) is 0. The Morgan fingerprint density at radius 2 is 1.85 bits per heavy atom. The maximum absolute atomic E-state index is 13.6. The Morgan fingerprint density at radius 1 is 1.09 bits per heavy atom. The van der Waals surface area contributed by atoms with Crippen LogP contribution in [0.2, 0.25) is 5.02 Å². The minimum absolute atomic E-state index is 0.0204. The zero-order valence-corrected chi connectivity index (χ0v) is 19.5. The summed E-state index contributed by atoms with van der Waals surface area (Å²) in [5.41, 5.74) is 2.61. The molecule has 1 amide bonds. The van der Waals surface area contributed by atoms with E-state index in [9.17, 15) is 14.0 Å². The van der Waals surface area contributed by atoms with Gasteiger partial charge in [-0.1, -0.05) is 35.9 Å². The molecule has 0 fully saturated rings. The molecule has 1 aliphatic heterocycles. The number of fused-ring (bicyclic) bond motifs is 1. The molecular weight excluding hydrogens is 457 g/mol. The first-order valence-corrected chi connectivity index (χ1v) is 11.4. The highest BCUT2D eigenvalue weighted by atomic mass is 35.5. The van der Waals surface area contributed by atoms with Crippen molar-refractivity contribution in [2.75, 3.05) is 6.54 Å². The van der Waals surface area contributed by atoms with Crippen LogP contribution in [0.1, 0.15) is 40.4 Å². The van der Waals surface area contributed by atoms with Crippen molar-refractivity contribution in [2.45, 2.75) is 38.3 Å². The molecule has 0 unspecified atom stereocenters. The topological polar surface area (TPSA) is 66.8 Å². The summed E-state index contributed by atoms with van der Waals surface area (Å²) in [5.74, 6) is -0.981. The fraction of sp³-hybridized carbons (Fsp3) is 0.259. The molecule has 3 aromatic rings. The molecule has 1 atom stereocenters. The third-order valence-electron chi connectivity index (χ3n) is 5.86. The van der Waals surface area contributed by atoms with Crippen LogP contribution in [0.25, 0.3) is 0 Å². The molecule has 0 saturated carbocycles. The number of nitrogens with zero attached hydrogens (tertiary/aromatic N) is 1. The summed E-state index contributed by atoms with van der Waals surface area (Å²) < 4.78 is 19.9. The van der Waals surface area contributed by atoms with E-state index in [4.69, 9.17) is 21.4 Å². The molecule has 4 rings (SSSR count). The van der Waals surface area contributed by atoms with Crippen LogP contribution in [0, 0.1) is 5.82 Å². The van der Waals surface area contributed by atoms with Gasteiger partial charge in [-0.25, -0.2) is 4.39 Å². The normalized spacial score (nSPS) is 16.6. The smallest absolute Gasteiger partial charge is 0.305 e. The number of hydrogen-bond donors (Lipinski definition) is 1. The van der Waals surface area contributed by atoms with E-state index in [-0.39, 0.29) is 25.4 Å². The third-order valence-corrected chi connectivity index (χ3v) is 6.12. The monoisotopic (exact) mass is 481 g/mol. The molecular formula is C27H25ClFNO4. The van der Waals surface area contributed by atoms with Crippen LogP contribution in [0.4, 0.5) is 4.39 Å². The molecule has 0 spiro atoms. The number of halogens is 2. The first-order chi connectivity index (χ1) is 16.2. The molecule has 1 N–H and O–H groups in total. The molecule has 0 aromatic heterocycles. The second-order valence-electron chi connectivity index (χ2n) is 8.85. The standard InChI is InChI=1S/C27H25ClFNO4/c1-27(15-18-5-8-22(28)9-6-18)16-21-14-20(7-10-24(21)34-27)26(33)30(12-11-25(31)32)17-19-3-2-4-23(29)13-19/h2-10,13-14H,11-12,15-17H2,1H3,(H,31,32)/t27-/m1/s1. The number of benzene rings is 3. The SMILES string of the molecule is C[C@@]1(Cc2ccc(Cl)cc2)Cc2cc(C(=O)N(CCC(=O)O)Cc3cccc(F)c3)ccc2O1. The van der Waals surface area contributed by atoms with E-state index >= 15 is 0 Å². The summed E-state index contributed by atoms with van der Waals surface area (Å²) >= 11 is 5.99. The van der Waals surface area contributed by atoms with Crippen LogP contribution >= 0.6 is 11.6 Å². The van der Waals surface area contributed by atoms with Crippen molar-refractivity contribution in [2.24, 2.45) is 0 Å². The third kappa shape index (κ3) is 5.75. The Hall–Kier alpha value is -3.38. The number of carbonyl (C=O) groups excluding carboxylic acids is 1. The highest BCUT2D eigenvalue weighted by Gasteiger charge is 2.35. The van der Waals surface area contributed by atoms with Gasteiger partial charge in [-0.05, 0) is 66.1 Å². The van der Waals surface area contributed by atoms with Crippen molar-refractivity contribution in [3.63, 3.8) is 0 Å². The summed E-state index contributed by atoms with van der Waals surface area (Å²) in [6, 6.07) is 18.9. The first-order valence-electron chi connectivity index (χ1n) is 11.0. The van der Waals surface area contributed by atoms with E-state index in [2.05, 4.69) is 0 Å². The summed E-state index contributed by atoms with van der Waals surface area (Å²) in [5, 5.41) is 9.80. The maximum Gasteiger partial charge on any atom is 0.305 e. The van der Waals surface area contributed by atoms with Gasteiger partial charge in [-0.15, -0.1) is 0 Å². The molecule has 0 bridgehead atoms. The molecule has 176 valence electrons. The van der Waals surface area contributed by atoms with Crippen molar-refractivity contribution in [3.05, 3.63) is 99.8 Å². The van der Waals surface area contributed by atoms with Crippen LogP contribution in [0.15, 0.2) is 66.7 Å². The molecule has 3 aromatic carbocycles. The van der Waals surface area contributed by atoms with Gasteiger partial charge in [0.05, 0.1) is 6.42 Å². The van der Waals surface area contributed by atoms with Gasteiger partial charge in [-0.3, -0.25) is 9.59 Å². The Bertz CT molecular complexity index is 1210. The number of rotatable bonds is 8. The lowest BCUT2D eigenvalue weighted by Gasteiger charge is -2.24. The lowest BCUT2D eigenvalue weighted by Crippen LogP contribution is -2.33. The van der Waals surface area contributed by atoms with Gasteiger partial charge in [-0.2, -0.15) is 0 Å². The van der Waals surface area contributed by atoms with Crippen LogP contribution in [0.5, 0.6) is 5.75 Å². The average molecular weight is 482 g/mol. The van der Waals surface area contributed by atoms with Gasteiger partial charge in [0.15, 0.2) is 0 Å². The van der Waals surface area contributed by atoms with Crippen molar-refractivity contribution < 1.29 is 23.8 Å². The van der Waals surface area contributed by atoms with Crippen LogP contribution < -0.4 is 4.74 Å².